The highest BCUT2D eigenvalue weighted by Crippen LogP contribution is 2.28. The maximum Gasteiger partial charge on any atom is 0.132 e. The van der Waals surface area contributed by atoms with Gasteiger partial charge in [-0.25, -0.2) is 0 Å². The zero-order valence-corrected chi connectivity index (χ0v) is 16.6. The summed E-state index contributed by atoms with van der Waals surface area (Å²) in [6, 6.07) is 0.468. The van der Waals surface area contributed by atoms with Gasteiger partial charge in [0.05, 0.1) is 26.0 Å². The lowest BCUT2D eigenvalue weighted by Crippen LogP contribution is -2.57. The molecular formula is C17H30N4O6S. The first-order valence-electron chi connectivity index (χ1n) is 9.70. The summed E-state index contributed by atoms with van der Waals surface area (Å²) in [6.07, 6.45) is 0.276. The second-order valence-corrected chi connectivity index (χ2v) is 8.41. The van der Waals surface area contributed by atoms with Gasteiger partial charge in [0.25, 0.3) is 0 Å². The van der Waals surface area contributed by atoms with E-state index < -0.39 is 36.5 Å². The quantitative estimate of drug-likeness (QED) is 0.284. The number of ether oxygens (including phenoxy) is 2. The lowest BCUT2D eigenvalue weighted by molar-refractivity contribution is -0.205. The Kier molecular flexibility index (Phi) is 8.48. The van der Waals surface area contributed by atoms with E-state index in [1.54, 1.807) is 0 Å². The summed E-state index contributed by atoms with van der Waals surface area (Å²) in [5.74, 6) is 0.642. The van der Waals surface area contributed by atoms with E-state index in [1.807, 2.05) is 10.9 Å². The van der Waals surface area contributed by atoms with Crippen LogP contribution in [0.2, 0.25) is 0 Å². The number of rotatable bonds is 10. The third-order valence-electron chi connectivity index (χ3n) is 4.97. The molecule has 2 aliphatic heterocycles. The molecule has 0 bridgehead atoms. The Morgan fingerprint density at radius 3 is 2.89 bits per heavy atom. The molecule has 2 fully saturated rings. The molecule has 0 spiro atoms. The highest BCUT2D eigenvalue weighted by atomic mass is 32.2. The second kappa shape index (κ2) is 10.8. The van der Waals surface area contributed by atoms with Crippen LogP contribution in [0.3, 0.4) is 0 Å². The SMILES string of the molecule is OCC1OC(SCCCOCc2cn(CC3CCCN3)nn2)C(O)C(O)C1O. The Morgan fingerprint density at radius 2 is 2.14 bits per heavy atom. The van der Waals surface area contributed by atoms with Gasteiger partial charge >= 0.3 is 0 Å². The minimum absolute atomic E-state index is 0.392. The number of nitrogens with one attached hydrogen (secondary N) is 1. The summed E-state index contributed by atoms with van der Waals surface area (Å²) in [5, 5.41) is 50.4. The van der Waals surface area contributed by atoms with Crippen molar-refractivity contribution in [3.8, 4) is 0 Å². The van der Waals surface area contributed by atoms with Gasteiger partial charge in [0.2, 0.25) is 0 Å². The van der Waals surface area contributed by atoms with Gasteiger partial charge in [-0.05, 0) is 31.6 Å². The second-order valence-electron chi connectivity index (χ2n) is 7.20. The molecule has 0 aliphatic carbocycles. The van der Waals surface area contributed by atoms with Crippen LogP contribution < -0.4 is 5.32 Å². The number of hydrogen-bond donors (Lipinski definition) is 5. The molecule has 6 unspecified atom stereocenters. The molecule has 2 aliphatic rings. The van der Waals surface area contributed by atoms with Crippen molar-refractivity contribution in [3.05, 3.63) is 11.9 Å². The van der Waals surface area contributed by atoms with Crippen LogP contribution in [0.4, 0.5) is 0 Å². The van der Waals surface area contributed by atoms with E-state index in [0.717, 1.165) is 31.6 Å². The summed E-state index contributed by atoms with van der Waals surface area (Å²) in [5.41, 5.74) is 0.0965. The summed E-state index contributed by atoms with van der Waals surface area (Å²) >= 11 is 1.32. The zero-order valence-electron chi connectivity index (χ0n) is 15.8. The predicted octanol–water partition coefficient (Wildman–Crippen LogP) is -1.53. The van der Waals surface area contributed by atoms with Gasteiger partial charge in [-0.15, -0.1) is 16.9 Å². The van der Waals surface area contributed by atoms with Crippen LogP contribution in [0.15, 0.2) is 6.20 Å². The third-order valence-corrected chi connectivity index (χ3v) is 6.21. The van der Waals surface area contributed by atoms with E-state index in [1.165, 1.54) is 18.2 Å². The molecule has 28 heavy (non-hydrogen) atoms. The number of thioether (sulfide) groups is 1. The molecule has 6 atom stereocenters. The molecule has 3 heterocycles. The molecule has 1 aromatic heterocycles. The number of nitrogens with zero attached hydrogens (tertiary/aromatic N) is 3. The van der Waals surface area contributed by atoms with E-state index in [2.05, 4.69) is 15.6 Å². The smallest absolute Gasteiger partial charge is 0.132 e. The lowest BCUT2D eigenvalue weighted by atomic mass is 10.0. The molecule has 1 aromatic rings. The Balaban J connectivity index is 1.29. The van der Waals surface area contributed by atoms with Gasteiger partial charge in [-0.3, -0.25) is 4.68 Å². The summed E-state index contributed by atoms with van der Waals surface area (Å²) in [4.78, 5) is 0. The third kappa shape index (κ3) is 5.86. The monoisotopic (exact) mass is 418 g/mol. The van der Waals surface area contributed by atoms with Gasteiger partial charge in [-0.2, -0.15) is 0 Å². The minimum Gasteiger partial charge on any atom is -0.394 e. The Hall–Kier alpha value is -0.790. The Bertz CT molecular complexity index is 586. The maximum absolute atomic E-state index is 9.99. The first-order valence-corrected chi connectivity index (χ1v) is 10.8. The molecule has 2 saturated heterocycles. The van der Waals surface area contributed by atoms with Gasteiger partial charge in [0, 0.05) is 12.6 Å². The largest absolute Gasteiger partial charge is 0.394 e. The van der Waals surface area contributed by atoms with E-state index >= 15 is 0 Å². The number of aromatic nitrogens is 3. The van der Waals surface area contributed by atoms with Crippen molar-refractivity contribution in [1.29, 1.82) is 0 Å². The molecule has 3 rings (SSSR count). The van der Waals surface area contributed by atoms with Crippen LogP contribution in [0, 0.1) is 0 Å². The summed E-state index contributed by atoms with van der Waals surface area (Å²) < 4.78 is 12.9. The molecule has 0 saturated carbocycles. The first kappa shape index (κ1) is 21.9. The maximum atomic E-state index is 9.99. The van der Waals surface area contributed by atoms with Crippen LogP contribution in [-0.2, 0) is 22.6 Å². The summed E-state index contributed by atoms with van der Waals surface area (Å²) in [6.45, 7) is 2.38. The van der Waals surface area contributed by atoms with Crippen LogP contribution >= 0.6 is 11.8 Å². The van der Waals surface area contributed by atoms with Crippen molar-refractivity contribution >= 4 is 11.8 Å². The molecule has 0 radical (unpaired) electrons. The normalized spacial score (nSPS) is 33.4. The van der Waals surface area contributed by atoms with Crippen molar-refractivity contribution in [1.82, 2.24) is 20.3 Å². The number of hydrogen-bond acceptors (Lipinski definition) is 10. The fraction of sp³-hybridized carbons (Fsp3) is 0.882. The van der Waals surface area contributed by atoms with Gasteiger partial charge in [0.1, 0.15) is 35.5 Å². The molecule has 160 valence electrons. The van der Waals surface area contributed by atoms with Crippen LogP contribution in [0.1, 0.15) is 25.0 Å². The van der Waals surface area contributed by atoms with Crippen molar-refractivity contribution < 1.29 is 29.9 Å². The number of aliphatic hydroxyl groups excluding tert-OH is 4. The van der Waals surface area contributed by atoms with Gasteiger partial charge in [-0.1, -0.05) is 5.21 Å². The van der Waals surface area contributed by atoms with Crippen LogP contribution in [0.5, 0.6) is 0 Å². The lowest BCUT2D eigenvalue weighted by Gasteiger charge is -2.39. The number of aliphatic hydroxyl groups is 4. The van der Waals surface area contributed by atoms with Crippen molar-refractivity contribution in [2.75, 3.05) is 25.5 Å². The predicted molar refractivity (Wildman–Crippen MR) is 102 cm³/mol. The van der Waals surface area contributed by atoms with Gasteiger partial charge < -0.3 is 35.2 Å². The first-order chi connectivity index (χ1) is 13.6. The van der Waals surface area contributed by atoms with Crippen molar-refractivity contribution in [3.63, 3.8) is 0 Å². The topological polar surface area (TPSA) is 142 Å². The van der Waals surface area contributed by atoms with Crippen molar-refractivity contribution in [2.24, 2.45) is 0 Å². The standard InChI is InChI=1S/C17H30N4O6S/c22-9-13-14(23)15(24)16(25)17(27-13)28-6-2-5-26-10-12-8-21(20-19-12)7-11-3-1-4-18-11/h8,11,13-18,22-25H,1-7,9-10H2. The van der Waals surface area contributed by atoms with E-state index in [0.29, 0.717) is 25.0 Å². The van der Waals surface area contributed by atoms with Gasteiger partial charge in [0.15, 0.2) is 0 Å². The molecule has 5 N–H and O–H groups in total. The molecule has 0 amide bonds. The fourth-order valence-corrected chi connectivity index (χ4v) is 4.47. The van der Waals surface area contributed by atoms with Crippen LogP contribution in [0.25, 0.3) is 0 Å². The molecular weight excluding hydrogens is 388 g/mol. The molecule has 10 nitrogen and oxygen atoms in total. The average molecular weight is 419 g/mol. The van der Waals surface area contributed by atoms with Crippen molar-refractivity contribution in [2.45, 2.75) is 68.3 Å². The van der Waals surface area contributed by atoms with E-state index in [-0.39, 0.29) is 0 Å². The van der Waals surface area contributed by atoms with Crippen LogP contribution in [-0.4, -0.2) is 96.8 Å². The minimum atomic E-state index is -1.33. The fourth-order valence-electron chi connectivity index (χ4n) is 3.37. The average Bonchev–Trinajstić information content (AvgIpc) is 3.37. The highest BCUT2D eigenvalue weighted by Gasteiger charge is 2.43. The summed E-state index contributed by atoms with van der Waals surface area (Å²) in [7, 11) is 0. The zero-order chi connectivity index (χ0) is 19.9. The Labute approximate surface area is 168 Å². The molecule has 0 aromatic carbocycles. The Morgan fingerprint density at radius 1 is 1.29 bits per heavy atom. The highest BCUT2D eigenvalue weighted by molar-refractivity contribution is 7.99. The van der Waals surface area contributed by atoms with E-state index in [4.69, 9.17) is 9.47 Å². The van der Waals surface area contributed by atoms with E-state index in [9.17, 15) is 20.4 Å². The molecule has 11 heteroatoms.